The topological polar surface area (TPSA) is 149 Å². The molecule has 0 amide bonds. The van der Waals surface area contributed by atoms with Crippen LogP contribution >= 0.6 is 0 Å². The molecule has 17 heteroatoms. The maximum Gasteiger partial charge on any atom is 0.134 e. The number of rotatable bonds is 6. The minimum Gasteiger partial charge on any atom is -0.506 e. The summed E-state index contributed by atoms with van der Waals surface area (Å²) >= 11 is 0. The van der Waals surface area contributed by atoms with Crippen molar-refractivity contribution >= 4 is 121 Å². The van der Waals surface area contributed by atoms with E-state index in [1.165, 1.54) is 45.0 Å². The molecule has 0 saturated carbocycles. The van der Waals surface area contributed by atoms with Gasteiger partial charge in [-0.3, -0.25) is 24.3 Å². The van der Waals surface area contributed by atoms with Crippen molar-refractivity contribution in [1.82, 2.24) is 58.1 Å². The average Bonchev–Trinajstić information content (AvgIpc) is 1.54. The molecule has 20 rings (SSSR count). The Bertz CT molecular complexity index is 6130. The summed E-state index contributed by atoms with van der Waals surface area (Å²) in [5, 5.41) is 15.3. The first-order valence-electron chi connectivity index (χ1n) is 35.5. The Morgan fingerprint density at radius 1 is 0.382 bits per heavy atom. The number of halogens is 1. The summed E-state index contributed by atoms with van der Waals surface area (Å²) in [4.78, 5) is 40.9. The minimum absolute atomic E-state index is 0. The van der Waals surface area contributed by atoms with Crippen LogP contribution in [0.15, 0.2) is 280 Å². The number of hydrogen-bond acceptors (Lipinski definition) is 10. The second-order valence-electron chi connectivity index (χ2n) is 26.6. The third-order valence-corrected chi connectivity index (χ3v) is 18.7. The molecule has 0 saturated heterocycles. The molecule has 549 valence electrons. The number of fused-ring (bicyclic) bond motifs is 24. The van der Waals surface area contributed by atoms with Crippen molar-refractivity contribution in [2.45, 2.75) is 66.2 Å². The van der Waals surface area contributed by atoms with Crippen molar-refractivity contribution in [1.29, 1.82) is 0 Å². The quantitative estimate of drug-likeness (QED) is 0.0968. The molecule has 110 heavy (non-hydrogen) atoms. The number of para-hydroxylation sites is 6. The van der Waals surface area contributed by atoms with Gasteiger partial charge in [0.2, 0.25) is 0 Å². The number of pyridine rings is 9. The van der Waals surface area contributed by atoms with E-state index in [4.69, 9.17) is 20.1 Å². The van der Waals surface area contributed by atoms with Gasteiger partial charge in [-0.05, 0) is 157 Å². The Kier molecular flexibility index (Phi) is 24.7. The van der Waals surface area contributed by atoms with Gasteiger partial charge in [0.15, 0.2) is 0 Å². The van der Waals surface area contributed by atoms with Gasteiger partial charge in [-0.25, -0.2) is 0 Å². The standard InChI is InChI=1S/3C21H16N3.C12H9FN.C11H8N.C7H7NO.3Ir/c3*1-13(2)14-7-5-11-18-19(14)20-15(8-6-12-22-20)21-23-16-9-3-4-10-17(16)24(18)21;1-9-8-10(13)5-6-11(9)12-4-2-3-7-14-12;1-2-6-10(7-3-1)11-8-4-5-9-12-11;1-6(9)7-4-2-3-5-8-7;;;/h3*3-7,9-13H,1-2H3;2-5,7-8H,1H3;1-6,8-9H;2-5,9H,1H2;;;/q5*-1;;;;. The fraction of sp³-hybridized carbons (Fsp3) is 0.108. The maximum absolute atomic E-state index is 12.8. The van der Waals surface area contributed by atoms with Crippen LogP contribution in [0.4, 0.5) is 4.39 Å². The van der Waals surface area contributed by atoms with E-state index in [0.29, 0.717) is 23.4 Å². The summed E-state index contributed by atoms with van der Waals surface area (Å²) in [7, 11) is 0. The van der Waals surface area contributed by atoms with Crippen LogP contribution in [0.25, 0.3) is 144 Å². The van der Waals surface area contributed by atoms with Crippen molar-refractivity contribution in [3.8, 4) is 22.5 Å². The van der Waals surface area contributed by atoms with Gasteiger partial charge in [-0.2, -0.15) is 0 Å². The Morgan fingerprint density at radius 3 is 1.10 bits per heavy atom. The monoisotopic (exact) mass is 1970 g/mol. The number of aryl methyl sites for hydroxylation is 1. The van der Waals surface area contributed by atoms with Gasteiger partial charge in [0, 0.05) is 101 Å². The van der Waals surface area contributed by atoms with Crippen LogP contribution in [-0.2, 0) is 60.3 Å². The zero-order valence-corrected chi connectivity index (χ0v) is 68.3. The normalized spacial score (nSPS) is 11.0. The molecule has 0 spiro atoms. The van der Waals surface area contributed by atoms with E-state index in [2.05, 4.69) is 231 Å². The summed E-state index contributed by atoms with van der Waals surface area (Å²) < 4.78 is 19.6. The summed E-state index contributed by atoms with van der Waals surface area (Å²) in [6.45, 7) is 18.5. The second kappa shape index (κ2) is 34.8. The molecule has 3 radical (unpaired) electrons. The summed E-state index contributed by atoms with van der Waals surface area (Å²) in [6, 6.07) is 93.4. The van der Waals surface area contributed by atoms with E-state index in [1.54, 1.807) is 36.8 Å². The molecular formula is C93H72FIr3N12O-5. The zero-order chi connectivity index (χ0) is 73.7. The smallest absolute Gasteiger partial charge is 0.134 e. The van der Waals surface area contributed by atoms with Crippen molar-refractivity contribution < 1.29 is 69.8 Å². The van der Waals surface area contributed by atoms with Crippen molar-refractivity contribution in [3.63, 3.8) is 0 Å². The van der Waals surface area contributed by atoms with Crippen LogP contribution in [0, 0.1) is 43.1 Å². The SMILES string of the molecule is C=C(O)c1ccccn1.CC(C)c1cccc2c1c1ncc[c-]c1c1nc3ccccc3n21.CC(C)c1cccc2c1c1ncc[c-]c1c1nc3ccccc3n21.CC(C)c1cccc2c1c1ncc[c-]c1c1nc3ccccc3n21.Cc1cc(F)c[c-]c1-c1ccccn1.[Ir].[Ir].[Ir].[c-]1ccccc1-c1ccccn1. The Hall–Kier alpha value is -11.5. The van der Waals surface area contributed by atoms with E-state index in [-0.39, 0.29) is 71.9 Å². The van der Waals surface area contributed by atoms with Crippen LogP contribution < -0.4 is 0 Å². The van der Waals surface area contributed by atoms with Crippen LogP contribution in [0.3, 0.4) is 0 Å². The fourth-order valence-electron chi connectivity index (χ4n) is 13.9. The first kappa shape index (κ1) is 78.1. The molecule has 0 unspecified atom stereocenters. The minimum atomic E-state index is -0.262. The van der Waals surface area contributed by atoms with E-state index in [0.717, 1.165) is 127 Å². The number of hydrogen-bond donors (Lipinski definition) is 1. The first-order valence-corrected chi connectivity index (χ1v) is 35.5. The fourth-order valence-corrected chi connectivity index (χ4v) is 13.9. The third kappa shape index (κ3) is 15.6. The summed E-state index contributed by atoms with van der Waals surface area (Å²) in [6.07, 6.45) is 10.6. The third-order valence-electron chi connectivity index (χ3n) is 18.7. The Morgan fingerprint density at radius 2 is 0.755 bits per heavy atom. The number of imidazole rings is 3. The van der Waals surface area contributed by atoms with Gasteiger partial charge < -0.3 is 43.2 Å². The maximum atomic E-state index is 12.8. The molecule has 20 aromatic rings. The average molecular weight is 1970 g/mol. The molecule has 0 aliphatic rings. The molecule has 12 aromatic heterocycles. The van der Waals surface area contributed by atoms with Gasteiger partial charge in [0.1, 0.15) is 11.5 Å². The second-order valence-corrected chi connectivity index (χ2v) is 26.6. The van der Waals surface area contributed by atoms with E-state index in [9.17, 15) is 4.39 Å². The van der Waals surface area contributed by atoms with Gasteiger partial charge in [0.05, 0.1) is 50.0 Å². The number of aliphatic hydroxyl groups excluding tert-OH is 1. The molecule has 0 bridgehead atoms. The Balaban J connectivity index is 0.000000126. The van der Waals surface area contributed by atoms with Crippen molar-refractivity contribution in [2.75, 3.05) is 0 Å². The first-order chi connectivity index (χ1) is 52.3. The van der Waals surface area contributed by atoms with Gasteiger partial charge in [-0.15, -0.1) is 102 Å². The van der Waals surface area contributed by atoms with E-state index < -0.39 is 0 Å². The van der Waals surface area contributed by atoms with E-state index >= 15 is 0 Å². The molecule has 8 aromatic carbocycles. The number of aromatic nitrogens is 12. The molecular weight excluding hydrogens is 1900 g/mol. The molecule has 13 nitrogen and oxygen atoms in total. The molecule has 0 aliphatic heterocycles. The zero-order valence-electron chi connectivity index (χ0n) is 61.1. The van der Waals surface area contributed by atoms with Crippen LogP contribution in [-0.4, -0.2) is 63.2 Å². The largest absolute Gasteiger partial charge is 0.506 e. The molecule has 0 atom stereocenters. The van der Waals surface area contributed by atoms with Crippen molar-refractivity contribution in [3.05, 3.63) is 344 Å². The molecule has 0 fully saturated rings. The predicted molar refractivity (Wildman–Crippen MR) is 433 cm³/mol. The van der Waals surface area contributed by atoms with Gasteiger partial charge >= 0.3 is 0 Å². The molecule has 0 aliphatic carbocycles. The molecule has 12 heterocycles. The number of benzene rings is 8. The number of nitrogens with zero attached hydrogens (tertiary/aromatic N) is 12. The van der Waals surface area contributed by atoms with E-state index in [1.807, 2.05) is 123 Å². The van der Waals surface area contributed by atoms with Gasteiger partial charge in [0.25, 0.3) is 0 Å². The number of aliphatic hydroxyl groups is 1. The summed E-state index contributed by atoms with van der Waals surface area (Å²) in [5.41, 5.74) is 24.6. The molecule has 1 N–H and O–H groups in total. The summed E-state index contributed by atoms with van der Waals surface area (Å²) in [5.74, 6) is 1.02. The van der Waals surface area contributed by atoms with Gasteiger partial charge in [-0.1, -0.05) is 193 Å². The van der Waals surface area contributed by atoms with Crippen LogP contribution in [0.2, 0.25) is 0 Å². The van der Waals surface area contributed by atoms with Crippen LogP contribution in [0.1, 0.15) is 87.2 Å². The predicted octanol–water partition coefficient (Wildman–Crippen LogP) is 22.5. The Labute approximate surface area is 676 Å². The van der Waals surface area contributed by atoms with Crippen LogP contribution in [0.5, 0.6) is 0 Å². The van der Waals surface area contributed by atoms with Crippen molar-refractivity contribution in [2.24, 2.45) is 0 Å².